The molecule has 0 saturated heterocycles. The molecule has 0 fully saturated rings. The van der Waals surface area contributed by atoms with E-state index in [0.717, 1.165) is 0 Å². The van der Waals surface area contributed by atoms with Gasteiger partial charge in [-0.2, -0.15) is 0 Å². The van der Waals surface area contributed by atoms with Crippen LogP contribution in [0.5, 0.6) is 0 Å². The maximum atomic E-state index is 2.45. The third kappa shape index (κ3) is 4.70. The first-order valence-corrected chi connectivity index (χ1v) is 22.1. The van der Waals surface area contributed by atoms with Crippen LogP contribution in [0.15, 0.2) is 158 Å². The Labute approximate surface area is 268 Å². The van der Waals surface area contributed by atoms with Gasteiger partial charge in [0.2, 0.25) is 0 Å². The van der Waals surface area contributed by atoms with Crippen LogP contribution in [-0.2, 0) is 20.4 Å². The summed E-state index contributed by atoms with van der Waals surface area (Å²) in [6, 6.07) is 60.3. The third-order valence-electron chi connectivity index (χ3n) is 8.70. The summed E-state index contributed by atoms with van der Waals surface area (Å²) in [7, 11) is 0. The zero-order valence-corrected chi connectivity index (χ0v) is 27.9. The second-order valence-corrected chi connectivity index (χ2v) is 24.9. The Hall–Kier alpha value is -3.00. The van der Waals surface area contributed by atoms with Crippen molar-refractivity contribution in [3.63, 3.8) is 0 Å². The van der Waals surface area contributed by atoms with Gasteiger partial charge in [0, 0.05) is 0 Å². The second-order valence-electron chi connectivity index (χ2n) is 10.8. The van der Waals surface area contributed by atoms with Crippen molar-refractivity contribution in [1.82, 2.24) is 0 Å². The van der Waals surface area contributed by atoms with E-state index in [0.29, 0.717) is 7.25 Å². The molecule has 0 heterocycles. The molecule has 0 radical (unpaired) electrons. The Bertz CT molecular complexity index is 1690. The van der Waals surface area contributed by atoms with E-state index >= 15 is 0 Å². The van der Waals surface area contributed by atoms with E-state index < -0.39 is 25.8 Å². The molecule has 6 aromatic rings. The quantitative estimate of drug-likeness (QED) is 0.251. The van der Waals surface area contributed by atoms with Gasteiger partial charge in [-0.3, -0.25) is 0 Å². The van der Waals surface area contributed by atoms with Gasteiger partial charge in [0.25, 0.3) is 0 Å². The van der Waals surface area contributed by atoms with Crippen LogP contribution in [0, 0.1) is 0 Å². The number of halogens is 2. The third-order valence-corrected chi connectivity index (χ3v) is 29.1. The topological polar surface area (TPSA) is 0 Å². The predicted molar refractivity (Wildman–Crippen MR) is 165 cm³/mol. The Morgan fingerprint density at radius 1 is 0.333 bits per heavy atom. The summed E-state index contributed by atoms with van der Waals surface area (Å²) in [5, 5.41) is 3.13. The van der Waals surface area contributed by atoms with Crippen LogP contribution < -0.4 is 35.2 Å². The van der Waals surface area contributed by atoms with Crippen molar-refractivity contribution in [2.75, 3.05) is 0 Å². The fourth-order valence-electron chi connectivity index (χ4n) is 7.15. The molecule has 202 valence electrons. The van der Waals surface area contributed by atoms with E-state index in [1.54, 1.807) is 32.6 Å². The molecule has 0 bridgehead atoms. The fourth-order valence-corrected chi connectivity index (χ4v) is 31.7. The van der Waals surface area contributed by atoms with Crippen LogP contribution in [0.4, 0.5) is 0 Å². The molecule has 0 N–H and O–H groups in total. The molecule has 0 nitrogen and oxygen atoms in total. The van der Waals surface area contributed by atoms with Crippen LogP contribution in [0.2, 0.25) is 0 Å². The summed E-state index contributed by atoms with van der Waals surface area (Å²) in [6.45, 7) is 0. The van der Waals surface area contributed by atoms with E-state index in [9.17, 15) is 0 Å². The minimum absolute atomic E-state index is 0. The molecule has 0 atom stereocenters. The van der Waals surface area contributed by atoms with Gasteiger partial charge >= 0.3 is 246 Å². The number of benzene rings is 6. The van der Waals surface area contributed by atoms with Gasteiger partial charge in [0.05, 0.1) is 0 Å². The van der Waals surface area contributed by atoms with Crippen molar-refractivity contribution in [3.8, 4) is 22.3 Å². The van der Waals surface area contributed by atoms with Gasteiger partial charge in [0.15, 0.2) is 0 Å². The van der Waals surface area contributed by atoms with Gasteiger partial charge in [-0.25, -0.2) is 0 Å². The van der Waals surface area contributed by atoms with E-state index in [4.69, 9.17) is 0 Å². The summed E-state index contributed by atoms with van der Waals surface area (Å²) in [5.74, 6) is 0. The van der Waals surface area contributed by atoms with Gasteiger partial charge < -0.3 is 24.8 Å². The Kier molecular flexibility index (Phi) is 8.53. The number of rotatable bonds is 4. The van der Waals surface area contributed by atoms with Crippen molar-refractivity contribution in [1.29, 1.82) is 0 Å². The summed E-state index contributed by atoms with van der Waals surface area (Å²) in [6.07, 6.45) is 0. The average Bonchev–Trinajstić information content (AvgIpc) is 3.54. The molecule has 6 aromatic carbocycles. The molecule has 0 unspecified atom stereocenters. The van der Waals surface area contributed by atoms with Crippen molar-refractivity contribution in [3.05, 3.63) is 180 Å². The summed E-state index contributed by atoms with van der Waals surface area (Å²) in [5.41, 5.74) is 11.0. The van der Waals surface area contributed by atoms with Gasteiger partial charge in [0.1, 0.15) is 0 Å². The van der Waals surface area contributed by atoms with Crippen molar-refractivity contribution in [2.45, 2.75) is 7.25 Å². The molecule has 2 aliphatic carbocycles. The number of hydrogen-bond acceptors (Lipinski definition) is 0. The molecule has 0 amide bonds. The molecule has 4 heteroatoms. The predicted octanol–water partition coefficient (Wildman–Crippen LogP) is 1.96. The number of fused-ring (bicyclic) bond motifs is 6. The summed E-state index contributed by atoms with van der Waals surface area (Å²) >= 11 is -2.63. The molecule has 0 aromatic heterocycles. The summed E-state index contributed by atoms with van der Waals surface area (Å²) in [4.78, 5) is 0. The minimum atomic E-state index is -2.63. The van der Waals surface area contributed by atoms with E-state index in [-0.39, 0.29) is 24.8 Å². The first-order valence-electron chi connectivity index (χ1n) is 14.1. The number of hydrogen-bond donors (Lipinski definition) is 0. The molecule has 0 saturated carbocycles. The average molecular weight is 675 g/mol. The van der Waals surface area contributed by atoms with Crippen LogP contribution in [0.3, 0.4) is 0 Å². The first kappa shape index (κ1) is 29.1. The molecule has 0 spiro atoms. The Morgan fingerprint density at radius 3 is 0.905 bits per heavy atom. The molecule has 8 rings (SSSR count). The van der Waals surface area contributed by atoms with Gasteiger partial charge in [-0.05, 0) is 0 Å². The molecular weight excluding hydrogens is 647 g/mol. The van der Waals surface area contributed by atoms with Crippen LogP contribution in [0.1, 0.15) is 29.5 Å². The van der Waals surface area contributed by atoms with Crippen LogP contribution in [-0.4, -0.2) is 5.43 Å². The second kappa shape index (κ2) is 12.3. The van der Waals surface area contributed by atoms with E-state index in [2.05, 4.69) is 158 Å². The fraction of sp³-hybridized carbons (Fsp3) is 0.0526. The Balaban J connectivity index is 0.00000158. The van der Waals surface area contributed by atoms with Crippen molar-refractivity contribution in [2.24, 2.45) is 0 Å². The van der Waals surface area contributed by atoms with E-state index in [1.807, 2.05) is 0 Å². The van der Waals surface area contributed by atoms with Crippen molar-refractivity contribution >= 4 is 15.8 Å². The van der Waals surface area contributed by atoms with Crippen LogP contribution in [0.25, 0.3) is 22.3 Å². The van der Waals surface area contributed by atoms with Crippen LogP contribution >= 0.6 is 0 Å². The molecule has 2 aliphatic rings. The van der Waals surface area contributed by atoms with Gasteiger partial charge in [-0.1, -0.05) is 0 Å². The Morgan fingerprint density at radius 2 is 0.595 bits per heavy atom. The maximum absolute atomic E-state index is 2.63. The molecular formula is C38H28Cl2SiZr. The van der Waals surface area contributed by atoms with E-state index in [1.165, 1.54) is 22.3 Å². The molecule has 0 aliphatic heterocycles. The van der Waals surface area contributed by atoms with Gasteiger partial charge in [-0.15, -0.1) is 0 Å². The zero-order valence-electron chi connectivity index (χ0n) is 22.9. The van der Waals surface area contributed by atoms with Crippen molar-refractivity contribution < 1.29 is 45.2 Å². The zero-order chi connectivity index (χ0) is 26.5. The normalized spacial score (nSPS) is 12.5. The molecule has 42 heavy (non-hydrogen) atoms. The first-order chi connectivity index (χ1) is 19.9. The SMILES string of the molecule is [Cl-].[Cl-].c1ccc([Si](c2ccccc2)=[Zr+2]([CH]2c3ccccc3-c3ccccc32)[CH]2c3ccccc3-c3ccccc32)cc1. The monoisotopic (exact) mass is 672 g/mol. The standard InChI is InChI=1S/2C13H9.C12H10Si.2ClH.Zr/c2*1-3-7-12-10(5-1)9-11-6-2-4-8-13(11)12;1-3-7-11(8-4-1)13-12-9-5-2-6-10-12;;;/h2*1-9H;1-10H;2*1H;/q;;;;;+2/p-2. The summed E-state index contributed by atoms with van der Waals surface area (Å²) < 4.78 is 0.988.